The highest BCUT2D eigenvalue weighted by Gasteiger charge is 2.11. The third-order valence-electron chi connectivity index (χ3n) is 2.37. The molecule has 1 rings (SSSR count). The Morgan fingerprint density at radius 1 is 1.29 bits per heavy atom. The number of ketones is 1. The summed E-state index contributed by atoms with van der Waals surface area (Å²) in [5, 5.41) is 3.11. The van der Waals surface area contributed by atoms with Gasteiger partial charge in [0.05, 0.1) is 6.54 Å². The van der Waals surface area contributed by atoms with Crippen molar-refractivity contribution in [3.05, 3.63) is 34.3 Å². The lowest BCUT2D eigenvalue weighted by molar-refractivity contribution is -0.120. The Balaban J connectivity index is 2.67. The van der Waals surface area contributed by atoms with Crippen LogP contribution < -0.4 is 5.32 Å². The minimum atomic E-state index is -0.274. The Morgan fingerprint density at radius 2 is 1.94 bits per heavy atom. The SMILES string of the molecule is Cc1cc(Cl)cc(C(=O)NCC(=O)C(C)C)c1. The quantitative estimate of drug-likeness (QED) is 0.897. The highest BCUT2D eigenvalue weighted by atomic mass is 35.5. The fraction of sp³-hybridized carbons (Fsp3) is 0.385. The molecule has 1 aromatic rings. The standard InChI is InChI=1S/C13H16ClNO2/c1-8(2)12(16)7-15-13(17)10-4-9(3)5-11(14)6-10/h4-6,8H,7H2,1-3H3,(H,15,17). The molecule has 0 radical (unpaired) electrons. The molecule has 0 fully saturated rings. The molecule has 0 spiro atoms. The molecule has 0 bridgehead atoms. The van der Waals surface area contributed by atoms with Crippen LogP contribution in [0.25, 0.3) is 0 Å². The lowest BCUT2D eigenvalue weighted by Gasteiger charge is -2.07. The fourth-order valence-electron chi connectivity index (χ4n) is 1.34. The number of hydrogen-bond donors (Lipinski definition) is 1. The van der Waals surface area contributed by atoms with E-state index >= 15 is 0 Å². The van der Waals surface area contributed by atoms with Gasteiger partial charge in [-0.25, -0.2) is 0 Å². The minimum absolute atomic E-state index is 0.0112. The summed E-state index contributed by atoms with van der Waals surface area (Å²) in [5.41, 5.74) is 1.39. The van der Waals surface area contributed by atoms with Gasteiger partial charge < -0.3 is 5.32 Å². The lowest BCUT2D eigenvalue weighted by atomic mass is 10.1. The molecule has 0 unspecified atom stereocenters. The van der Waals surface area contributed by atoms with Crippen LogP contribution in [0.3, 0.4) is 0 Å². The van der Waals surface area contributed by atoms with E-state index in [4.69, 9.17) is 11.6 Å². The normalized spacial score (nSPS) is 10.4. The number of aryl methyl sites for hydroxylation is 1. The zero-order valence-corrected chi connectivity index (χ0v) is 11.0. The van der Waals surface area contributed by atoms with E-state index in [0.717, 1.165) is 5.56 Å². The number of hydrogen-bond acceptors (Lipinski definition) is 2. The second kappa shape index (κ2) is 5.82. The van der Waals surface area contributed by atoms with Crippen LogP contribution in [-0.4, -0.2) is 18.2 Å². The third-order valence-corrected chi connectivity index (χ3v) is 2.59. The van der Waals surface area contributed by atoms with Crippen molar-refractivity contribution in [2.24, 2.45) is 5.92 Å². The van der Waals surface area contributed by atoms with Gasteiger partial charge in [-0.2, -0.15) is 0 Å². The number of Topliss-reactive ketones (excluding diaryl/α,β-unsaturated/α-hetero) is 1. The second-order valence-corrected chi connectivity index (χ2v) is 4.76. The molecule has 17 heavy (non-hydrogen) atoms. The average molecular weight is 254 g/mol. The molecule has 4 heteroatoms. The third kappa shape index (κ3) is 4.19. The minimum Gasteiger partial charge on any atom is -0.345 e. The maximum atomic E-state index is 11.8. The van der Waals surface area contributed by atoms with Crippen molar-refractivity contribution in [3.63, 3.8) is 0 Å². The molecule has 0 aliphatic heterocycles. The largest absolute Gasteiger partial charge is 0.345 e. The van der Waals surface area contributed by atoms with Gasteiger partial charge in [-0.15, -0.1) is 0 Å². The second-order valence-electron chi connectivity index (χ2n) is 4.32. The Labute approximate surface area is 106 Å². The first-order valence-electron chi connectivity index (χ1n) is 5.48. The number of carbonyl (C=O) groups excluding carboxylic acids is 2. The van der Waals surface area contributed by atoms with Crippen LogP contribution in [0.4, 0.5) is 0 Å². The predicted molar refractivity (Wildman–Crippen MR) is 68.4 cm³/mol. The van der Waals surface area contributed by atoms with E-state index in [9.17, 15) is 9.59 Å². The summed E-state index contributed by atoms with van der Waals surface area (Å²) in [6.45, 7) is 5.53. The van der Waals surface area contributed by atoms with Crippen molar-refractivity contribution >= 4 is 23.3 Å². The summed E-state index contributed by atoms with van der Waals surface area (Å²) in [5.74, 6) is -0.335. The summed E-state index contributed by atoms with van der Waals surface area (Å²) in [4.78, 5) is 23.1. The van der Waals surface area contributed by atoms with E-state index in [2.05, 4.69) is 5.32 Å². The lowest BCUT2D eigenvalue weighted by Crippen LogP contribution is -2.31. The summed E-state index contributed by atoms with van der Waals surface area (Å²) in [7, 11) is 0. The molecule has 0 saturated carbocycles. The number of nitrogens with one attached hydrogen (secondary N) is 1. The maximum Gasteiger partial charge on any atom is 0.251 e. The van der Waals surface area contributed by atoms with Gasteiger partial charge in [-0.05, 0) is 30.7 Å². The molecule has 0 aliphatic carbocycles. The highest BCUT2D eigenvalue weighted by Crippen LogP contribution is 2.14. The molecule has 1 N–H and O–H groups in total. The van der Waals surface area contributed by atoms with Crippen LogP contribution >= 0.6 is 11.6 Å². The van der Waals surface area contributed by atoms with Gasteiger partial charge >= 0.3 is 0 Å². The Hall–Kier alpha value is -1.35. The van der Waals surface area contributed by atoms with Gasteiger partial charge in [-0.1, -0.05) is 25.4 Å². The molecule has 3 nitrogen and oxygen atoms in total. The molecule has 0 aliphatic rings. The van der Waals surface area contributed by atoms with Gasteiger partial charge in [0, 0.05) is 16.5 Å². The number of carbonyl (C=O) groups is 2. The van der Waals surface area contributed by atoms with Gasteiger partial charge in [0.1, 0.15) is 0 Å². The topological polar surface area (TPSA) is 46.2 Å². The maximum absolute atomic E-state index is 11.8. The molecule has 0 aromatic heterocycles. The molecule has 92 valence electrons. The van der Waals surface area contributed by atoms with Crippen LogP contribution in [0.2, 0.25) is 5.02 Å². The summed E-state index contributed by atoms with van der Waals surface area (Å²) < 4.78 is 0. The average Bonchev–Trinajstić information content (AvgIpc) is 2.23. The van der Waals surface area contributed by atoms with Crippen molar-refractivity contribution in [1.29, 1.82) is 0 Å². The molecule has 0 saturated heterocycles. The summed E-state index contributed by atoms with van der Waals surface area (Å²) in [6.07, 6.45) is 0. The van der Waals surface area contributed by atoms with Crippen molar-refractivity contribution in [2.45, 2.75) is 20.8 Å². The molecule has 0 atom stereocenters. The van der Waals surface area contributed by atoms with E-state index in [1.165, 1.54) is 0 Å². The van der Waals surface area contributed by atoms with Gasteiger partial charge in [0.25, 0.3) is 5.91 Å². The van der Waals surface area contributed by atoms with E-state index in [1.807, 2.05) is 6.92 Å². The molecular formula is C13H16ClNO2. The first kappa shape index (κ1) is 13.7. The van der Waals surface area contributed by atoms with Crippen molar-refractivity contribution in [2.75, 3.05) is 6.54 Å². The van der Waals surface area contributed by atoms with Crippen LogP contribution in [0, 0.1) is 12.8 Å². The van der Waals surface area contributed by atoms with Crippen molar-refractivity contribution in [1.82, 2.24) is 5.32 Å². The predicted octanol–water partition coefficient (Wildman–Crippen LogP) is 2.60. The molecule has 1 amide bonds. The van der Waals surface area contributed by atoms with Crippen LogP contribution in [-0.2, 0) is 4.79 Å². The number of halogens is 1. The number of rotatable bonds is 4. The first-order valence-corrected chi connectivity index (χ1v) is 5.86. The van der Waals surface area contributed by atoms with Crippen LogP contribution in [0.1, 0.15) is 29.8 Å². The van der Waals surface area contributed by atoms with Crippen molar-refractivity contribution < 1.29 is 9.59 Å². The van der Waals surface area contributed by atoms with Gasteiger partial charge in [-0.3, -0.25) is 9.59 Å². The zero-order valence-electron chi connectivity index (χ0n) is 10.2. The Morgan fingerprint density at radius 3 is 2.47 bits per heavy atom. The van der Waals surface area contributed by atoms with E-state index < -0.39 is 0 Å². The fourth-order valence-corrected chi connectivity index (χ4v) is 1.63. The first-order chi connectivity index (χ1) is 7.90. The molecule has 0 heterocycles. The molecule has 1 aromatic carbocycles. The van der Waals surface area contributed by atoms with Gasteiger partial charge in [0.2, 0.25) is 0 Å². The monoisotopic (exact) mass is 253 g/mol. The van der Waals surface area contributed by atoms with E-state index in [-0.39, 0.29) is 24.2 Å². The van der Waals surface area contributed by atoms with Crippen LogP contribution in [0.5, 0.6) is 0 Å². The van der Waals surface area contributed by atoms with Crippen LogP contribution in [0.15, 0.2) is 18.2 Å². The van der Waals surface area contributed by atoms with Crippen molar-refractivity contribution in [3.8, 4) is 0 Å². The Kier molecular flexibility index (Phi) is 4.70. The van der Waals surface area contributed by atoms with Gasteiger partial charge in [0.15, 0.2) is 5.78 Å². The zero-order chi connectivity index (χ0) is 13.0. The summed E-state index contributed by atoms with van der Waals surface area (Å²) >= 11 is 5.86. The number of benzene rings is 1. The Bertz CT molecular complexity index is 421. The highest BCUT2D eigenvalue weighted by molar-refractivity contribution is 6.31. The van der Waals surface area contributed by atoms with E-state index in [1.54, 1.807) is 32.0 Å². The smallest absolute Gasteiger partial charge is 0.251 e. The summed E-state index contributed by atoms with van der Waals surface area (Å²) in [6, 6.07) is 5.10. The molecular weight excluding hydrogens is 238 g/mol. The number of amides is 1. The van der Waals surface area contributed by atoms with E-state index in [0.29, 0.717) is 10.6 Å².